The standard InChI is InChI=1S/C7H8ClNO/c1-5-3-6(8)7(10)9(2)4-5/h3-4H,1-2H3. The number of rotatable bonds is 0. The van der Waals surface area contributed by atoms with Crippen molar-refractivity contribution in [3.63, 3.8) is 0 Å². The van der Waals surface area contributed by atoms with Gasteiger partial charge in [0.1, 0.15) is 5.02 Å². The molecule has 0 radical (unpaired) electrons. The van der Waals surface area contributed by atoms with Gasteiger partial charge in [-0.05, 0) is 18.6 Å². The second kappa shape index (κ2) is 2.46. The molecule has 0 atom stereocenters. The van der Waals surface area contributed by atoms with E-state index >= 15 is 0 Å². The third kappa shape index (κ3) is 1.21. The Morgan fingerprint density at radius 2 is 2.20 bits per heavy atom. The maximum atomic E-state index is 11.0. The largest absolute Gasteiger partial charge is 0.317 e. The Kier molecular flexibility index (Phi) is 1.81. The van der Waals surface area contributed by atoms with Gasteiger partial charge in [0.05, 0.1) is 0 Å². The normalized spacial score (nSPS) is 9.90. The van der Waals surface area contributed by atoms with Crippen LogP contribution in [0.25, 0.3) is 0 Å². The molecular formula is C7H8ClNO. The lowest BCUT2D eigenvalue weighted by atomic mass is 10.3. The molecule has 1 rings (SSSR count). The Morgan fingerprint density at radius 1 is 1.60 bits per heavy atom. The van der Waals surface area contributed by atoms with Crippen LogP contribution in [0.4, 0.5) is 0 Å². The van der Waals surface area contributed by atoms with Crippen LogP contribution in [0.1, 0.15) is 5.56 Å². The molecule has 0 aliphatic rings. The number of nitrogens with zero attached hydrogens (tertiary/aromatic N) is 1. The molecule has 0 unspecified atom stereocenters. The SMILES string of the molecule is Cc1cc(Cl)c(=O)n(C)c1. The van der Waals surface area contributed by atoms with Gasteiger partial charge in [-0.25, -0.2) is 0 Å². The van der Waals surface area contributed by atoms with Crippen molar-refractivity contribution in [2.24, 2.45) is 7.05 Å². The molecule has 1 aromatic heterocycles. The predicted molar refractivity (Wildman–Crippen MR) is 41.4 cm³/mol. The summed E-state index contributed by atoms with van der Waals surface area (Å²) in [5.41, 5.74) is 0.847. The molecule has 0 saturated carbocycles. The maximum absolute atomic E-state index is 11.0. The van der Waals surface area contributed by atoms with Crippen molar-refractivity contribution in [3.05, 3.63) is 33.2 Å². The van der Waals surface area contributed by atoms with Gasteiger partial charge in [0.15, 0.2) is 0 Å². The fourth-order valence-corrected chi connectivity index (χ4v) is 1.14. The van der Waals surface area contributed by atoms with E-state index in [1.807, 2.05) is 6.92 Å². The van der Waals surface area contributed by atoms with Crippen molar-refractivity contribution < 1.29 is 0 Å². The second-order valence-corrected chi connectivity index (χ2v) is 2.69. The summed E-state index contributed by atoms with van der Waals surface area (Å²) in [5, 5.41) is 0.280. The molecule has 1 heterocycles. The van der Waals surface area contributed by atoms with Crippen LogP contribution < -0.4 is 5.56 Å². The van der Waals surface area contributed by atoms with E-state index in [1.54, 1.807) is 19.3 Å². The average Bonchev–Trinajstić information content (AvgIpc) is 1.82. The first-order chi connectivity index (χ1) is 4.61. The van der Waals surface area contributed by atoms with Crippen LogP contribution >= 0.6 is 11.6 Å². The summed E-state index contributed by atoms with van der Waals surface area (Å²) >= 11 is 5.59. The molecule has 0 saturated heterocycles. The first kappa shape index (κ1) is 7.35. The van der Waals surface area contributed by atoms with Crippen molar-refractivity contribution in [2.45, 2.75) is 6.92 Å². The van der Waals surface area contributed by atoms with E-state index in [2.05, 4.69) is 0 Å². The van der Waals surface area contributed by atoms with Gasteiger partial charge in [0.25, 0.3) is 5.56 Å². The van der Waals surface area contributed by atoms with Crippen molar-refractivity contribution in [1.82, 2.24) is 4.57 Å². The highest BCUT2D eigenvalue weighted by molar-refractivity contribution is 6.30. The van der Waals surface area contributed by atoms with E-state index in [4.69, 9.17) is 11.6 Å². The van der Waals surface area contributed by atoms with Crippen molar-refractivity contribution in [1.29, 1.82) is 0 Å². The Labute approximate surface area is 64.1 Å². The molecule has 0 aliphatic carbocycles. The second-order valence-electron chi connectivity index (χ2n) is 2.28. The Bertz CT molecular complexity index is 277. The summed E-state index contributed by atoms with van der Waals surface area (Å²) in [6.07, 6.45) is 1.74. The fraction of sp³-hybridized carbons (Fsp3) is 0.286. The molecule has 2 nitrogen and oxygen atoms in total. The van der Waals surface area contributed by atoms with E-state index in [9.17, 15) is 4.79 Å². The van der Waals surface area contributed by atoms with Crippen molar-refractivity contribution in [3.8, 4) is 0 Å². The molecule has 3 heteroatoms. The lowest BCUT2D eigenvalue weighted by molar-refractivity contribution is 0.852. The van der Waals surface area contributed by atoms with Crippen LogP contribution in [0, 0.1) is 6.92 Å². The zero-order chi connectivity index (χ0) is 7.72. The zero-order valence-corrected chi connectivity index (χ0v) is 6.64. The molecule has 0 bridgehead atoms. The van der Waals surface area contributed by atoms with Crippen LogP contribution in [0.15, 0.2) is 17.1 Å². The summed E-state index contributed by atoms with van der Waals surface area (Å²) in [4.78, 5) is 11.0. The molecule has 0 aromatic carbocycles. The van der Waals surface area contributed by atoms with E-state index < -0.39 is 0 Å². The number of pyridine rings is 1. The minimum atomic E-state index is -0.146. The summed E-state index contributed by atoms with van der Waals surface area (Å²) in [6.45, 7) is 1.89. The summed E-state index contributed by atoms with van der Waals surface area (Å²) in [6, 6.07) is 1.66. The highest BCUT2D eigenvalue weighted by atomic mass is 35.5. The molecule has 54 valence electrons. The molecule has 0 amide bonds. The molecule has 0 aliphatic heterocycles. The smallest absolute Gasteiger partial charge is 0.269 e. The van der Waals surface area contributed by atoms with Gasteiger partial charge in [0, 0.05) is 13.2 Å². The van der Waals surface area contributed by atoms with Crippen LogP contribution in [-0.4, -0.2) is 4.57 Å². The van der Waals surface area contributed by atoms with Gasteiger partial charge in [0.2, 0.25) is 0 Å². The number of hydrogen-bond acceptors (Lipinski definition) is 1. The summed E-state index contributed by atoms with van der Waals surface area (Å²) < 4.78 is 1.47. The van der Waals surface area contributed by atoms with Gasteiger partial charge in [-0.3, -0.25) is 4.79 Å². The van der Waals surface area contributed by atoms with Crippen LogP contribution in [-0.2, 0) is 7.05 Å². The third-order valence-corrected chi connectivity index (χ3v) is 1.55. The zero-order valence-electron chi connectivity index (χ0n) is 5.89. The lowest BCUT2D eigenvalue weighted by Gasteiger charge is -1.98. The highest BCUT2D eigenvalue weighted by Gasteiger charge is 1.96. The number of aromatic nitrogens is 1. The Morgan fingerprint density at radius 3 is 2.70 bits per heavy atom. The van der Waals surface area contributed by atoms with Gasteiger partial charge in [-0.1, -0.05) is 11.6 Å². The summed E-state index contributed by atoms with van der Waals surface area (Å²) in [7, 11) is 1.68. The van der Waals surface area contributed by atoms with E-state index in [-0.39, 0.29) is 10.6 Å². The quantitative estimate of drug-likeness (QED) is 0.557. The first-order valence-corrected chi connectivity index (χ1v) is 3.32. The summed E-state index contributed by atoms with van der Waals surface area (Å²) in [5.74, 6) is 0. The molecular weight excluding hydrogens is 150 g/mol. The minimum absolute atomic E-state index is 0.146. The van der Waals surface area contributed by atoms with Crippen LogP contribution in [0.5, 0.6) is 0 Å². The third-order valence-electron chi connectivity index (χ3n) is 1.28. The topological polar surface area (TPSA) is 22.0 Å². The number of halogens is 1. The van der Waals surface area contributed by atoms with Crippen LogP contribution in [0.2, 0.25) is 5.02 Å². The van der Waals surface area contributed by atoms with E-state index in [0.29, 0.717) is 0 Å². The molecule has 0 fully saturated rings. The van der Waals surface area contributed by atoms with E-state index in [1.165, 1.54) is 4.57 Å². The fourth-order valence-electron chi connectivity index (χ4n) is 0.831. The van der Waals surface area contributed by atoms with Gasteiger partial charge < -0.3 is 4.57 Å². The van der Waals surface area contributed by atoms with Gasteiger partial charge in [-0.15, -0.1) is 0 Å². The van der Waals surface area contributed by atoms with Gasteiger partial charge in [-0.2, -0.15) is 0 Å². The van der Waals surface area contributed by atoms with Gasteiger partial charge >= 0.3 is 0 Å². The monoisotopic (exact) mass is 157 g/mol. The minimum Gasteiger partial charge on any atom is -0.317 e. The molecule has 1 aromatic rings. The molecule has 0 N–H and O–H groups in total. The highest BCUT2D eigenvalue weighted by Crippen LogP contribution is 2.02. The molecule has 10 heavy (non-hydrogen) atoms. The van der Waals surface area contributed by atoms with E-state index in [0.717, 1.165) is 5.56 Å². The predicted octanol–water partition coefficient (Wildman–Crippen LogP) is 1.35. The Balaban J connectivity index is 3.46. The first-order valence-electron chi connectivity index (χ1n) is 2.94. The van der Waals surface area contributed by atoms with Crippen molar-refractivity contribution >= 4 is 11.6 Å². The van der Waals surface area contributed by atoms with Crippen molar-refractivity contribution in [2.75, 3.05) is 0 Å². The average molecular weight is 158 g/mol. The Hall–Kier alpha value is -0.760. The number of hydrogen-bond donors (Lipinski definition) is 0. The lowest BCUT2D eigenvalue weighted by Crippen LogP contribution is -2.16. The number of aryl methyl sites for hydroxylation is 2. The van der Waals surface area contributed by atoms with Crippen LogP contribution in [0.3, 0.4) is 0 Å². The molecule has 0 spiro atoms. The maximum Gasteiger partial charge on any atom is 0.269 e.